The monoisotopic (exact) mass is 671 g/mol. The molecule has 0 amide bonds. The first kappa shape index (κ1) is 45.6. The number of rotatable bonds is 36. The lowest BCUT2D eigenvalue weighted by Crippen LogP contribution is -2.33. The summed E-state index contributed by atoms with van der Waals surface area (Å²) < 4.78 is 43.3. The minimum atomic E-state index is -0.802. The van der Waals surface area contributed by atoms with Gasteiger partial charge in [0.25, 0.3) is 0 Å². The SMILES string of the molecule is CCCCCCCCCCOC(OC(OCCCCCCCCCC)C(OC)=C(CCCCC)OC)C(OC)=C(CCCCC)OC. The summed E-state index contributed by atoms with van der Waals surface area (Å²) in [6.07, 6.45) is 26.1. The standard InChI is InChI=1S/C40H78O7/c1-9-13-17-19-21-23-25-29-33-45-39(37(43-7)35(41-5)31-27-15-11-3)47-40(38(44-8)36(42-6)32-28-16-12-4)46-34-30-26-24-22-20-18-14-10-2/h39-40H,9-34H2,1-8H3. The minimum Gasteiger partial charge on any atom is -0.497 e. The summed E-state index contributed by atoms with van der Waals surface area (Å²) in [4.78, 5) is 0. The molecule has 0 heterocycles. The average Bonchev–Trinajstić information content (AvgIpc) is 3.08. The van der Waals surface area contributed by atoms with Gasteiger partial charge in [-0.05, 0) is 25.7 Å². The highest BCUT2D eigenvalue weighted by Gasteiger charge is 2.31. The molecule has 280 valence electrons. The van der Waals surface area contributed by atoms with Crippen LogP contribution in [0.2, 0.25) is 0 Å². The van der Waals surface area contributed by atoms with E-state index >= 15 is 0 Å². The molecule has 0 bridgehead atoms. The molecular weight excluding hydrogens is 592 g/mol. The first-order chi connectivity index (χ1) is 23.1. The lowest BCUT2D eigenvalue weighted by molar-refractivity contribution is -0.240. The van der Waals surface area contributed by atoms with Crippen molar-refractivity contribution >= 4 is 0 Å². The Bertz CT molecular complexity index is 676. The van der Waals surface area contributed by atoms with E-state index in [2.05, 4.69) is 27.7 Å². The smallest absolute Gasteiger partial charge is 0.223 e. The third-order valence-electron chi connectivity index (χ3n) is 8.71. The van der Waals surface area contributed by atoms with Crippen LogP contribution in [0, 0.1) is 0 Å². The van der Waals surface area contributed by atoms with Crippen LogP contribution >= 0.6 is 0 Å². The van der Waals surface area contributed by atoms with E-state index in [1.165, 1.54) is 77.0 Å². The Morgan fingerprint density at radius 1 is 0.362 bits per heavy atom. The highest BCUT2D eigenvalue weighted by molar-refractivity contribution is 5.08. The van der Waals surface area contributed by atoms with Crippen LogP contribution < -0.4 is 0 Å². The number of unbranched alkanes of at least 4 members (excludes halogenated alkanes) is 18. The maximum Gasteiger partial charge on any atom is 0.223 e. The minimum absolute atomic E-state index is 0.558. The Hall–Kier alpha value is -1.44. The molecular formula is C40H78O7. The third-order valence-corrected chi connectivity index (χ3v) is 8.71. The number of ether oxygens (including phenoxy) is 7. The molecule has 0 radical (unpaired) electrons. The fourth-order valence-electron chi connectivity index (χ4n) is 5.72. The van der Waals surface area contributed by atoms with Gasteiger partial charge < -0.3 is 33.2 Å². The molecule has 0 aromatic rings. The Morgan fingerprint density at radius 2 is 0.660 bits per heavy atom. The molecule has 0 N–H and O–H groups in total. The number of hydrogen-bond acceptors (Lipinski definition) is 7. The molecule has 2 unspecified atom stereocenters. The topological polar surface area (TPSA) is 64.6 Å². The van der Waals surface area contributed by atoms with Gasteiger partial charge in [0.05, 0.1) is 41.7 Å². The molecule has 0 aromatic carbocycles. The summed E-state index contributed by atoms with van der Waals surface area (Å²) in [6.45, 7) is 10.0. The zero-order valence-electron chi connectivity index (χ0n) is 32.4. The van der Waals surface area contributed by atoms with Crippen LogP contribution in [0.15, 0.2) is 23.0 Å². The molecule has 0 aliphatic carbocycles. The van der Waals surface area contributed by atoms with Gasteiger partial charge in [0.15, 0.2) is 11.5 Å². The van der Waals surface area contributed by atoms with Crippen LogP contribution in [-0.2, 0) is 33.2 Å². The van der Waals surface area contributed by atoms with Crippen LogP contribution in [0.3, 0.4) is 0 Å². The predicted molar refractivity (Wildman–Crippen MR) is 196 cm³/mol. The molecule has 0 aliphatic heterocycles. The maximum absolute atomic E-state index is 6.71. The van der Waals surface area contributed by atoms with Crippen LogP contribution in [0.5, 0.6) is 0 Å². The van der Waals surface area contributed by atoms with Crippen molar-refractivity contribution in [2.75, 3.05) is 41.7 Å². The molecule has 0 saturated heterocycles. The zero-order valence-corrected chi connectivity index (χ0v) is 32.4. The van der Waals surface area contributed by atoms with E-state index in [1.807, 2.05) is 0 Å². The second-order valence-corrected chi connectivity index (χ2v) is 12.8. The second kappa shape index (κ2) is 34.4. The van der Waals surface area contributed by atoms with Crippen molar-refractivity contribution in [3.05, 3.63) is 23.0 Å². The molecule has 0 spiro atoms. The van der Waals surface area contributed by atoms with Crippen LogP contribution in [0.25, 0.3) is 0 Å². The van der Waals surface area contributed by atoms with Crippen molar-refractivity contribution in [3.8, 4) is 0 Å². The predicted octanol–water partition coefficient (Wildman–Crippen LogP) is 12.1. The van der Waals surface area contributed by atoms with Crippen molar-refractivity contribution in [1.82, 2.24) is 0 Å². The van der Waals surface area contributed by atoms with Crippen molar-refractivity contribution in [2.45, 2.75) is 194 Å². The van der Waals surface area contributed by atoms with Crippen molar-refractivity contribution in [1.29, 1.82) is 0 Å². The lowest BCUT2D eigenvalue weighted by atomic mass is 10.1. The number of methoxy groups -OCH3 is 4. The highest BCUT2D eigenvalue weighted by Crippen LogP contribution is 2.27. The Kier molecular flexibility index (Phi) is 33.4. The van der Waals surface area contributed by atoms with E-state index in [0.29, 0.717) is 24.7 Å². The molecule has 47 heavy (non-hydrogen) atoms. The van der Waals surface area contributed by atoms with Crippen LogP contribution in [0.4, 0.5) is 0 Å². The molecule has 0 saturated carbocycles. The van der Waals surface area contributed by atoms with E-state index < -0.39 is 12.6 Å². The fourth-order valence-corrected chi connectivity index (χ4v) is 5.72. The number of hydrogen-bond donors (Lipinski definition) is 0. The van der Waals surface area contributed by atoms with Crippen LogP contribution in [0.1, 0.15) is 182 Å². The van der Waals surface area contributed by atoms with E-state index in [0.717, 1.165) is 88.6 Å². The Balaban J connectivity index is 5.95. The van der Waals surface area contributed by atoms with Crippen molar-refractivity contribution in [2.24, 2.45) is 0 Å². The summed E-state index contributed by atoms with van der Waals surface area (Å²) in [5.74, 6) is 2.62. The van der Waals surface area contributed by atoms with Gasteiger partial charge >= 0.3 is 0 Å². The zero-order chi connectivity index (χ0) is 34.8. The Labute approximate surface area is 291 Å². The quantitative estimate of drug-likeness (QED) is 0.0373. The van der Waals surface area contributed by atoms with Gasteiger partial charge in [-0.2, -0.15) is 0 Å². The van der Waals surface area contributed by atoms with Gasteiger partial charge in [-0.1, -0.05) is 143 Å². The molecule has 2 atom stereocenters. The van der Waals surface area contributed by atoms with Crippen LogP contribution in [-0.4, -0.2) is 54.2 Å². The van der Waals surface area contributed by atoms with Gasteiger partial charge in [0, 0.05) is 12.8 Å². The first-order valence-corrected chi connectivity index (χ1v) is 19.6. The van der Waals surface area contributed by atoms with Gasteiger partial charge in [0.1, 0.15) is 11.5 Å². The number of allylic oxidation sites excluding steroid dienone is 2. The van der Waals surface area contributed by atoms with E-state index in [4.69, 9.17) is 33.2 Å². The van der Waals surface area contributed by atoms with Gasteiger partial charge in [0.2, 0.25) is 12.6 Å². The first-order valence-electron chi connectivity index (χ1n) is 19.6. The largest absolute Gasteiger partial charge is 0.497 e. The molecule has 0 rings (SSSR count). The lowest BCUT2D eigenvalue weighted by Gasteiger charge is -2.29. The average molecular weight is 671 g/mol. The van der Waals surface area contributed by atoms with E-state index in [1.54, 1.807) is 28.4 Å². The van der Waals surface area contributed by atoms with E-state index in [9.17, 15) is 0 Å². The van der Waals surface area contributed by atoms with Gasteiger partial charge in [-0.25, -0.2) is 0 Å². The second-order valence-electron chi connectivity index (χ2n) is 12.8. The summed E-state index contributed by atoms with van der Waals surface area (Å²) >= 11 is 0. The Morgan fingerprint density at radius 3 is 0.957 bits per heavy atom. The molecule has 0 aliphatic rings. The molecule has 0 fully saturated rings. The normalized spacial score (nSPS) is 14.0. The maximum atomic E-state index is 6.71. The highest BCUT2D eigenvalue weighted by atomic mass is 16.8. The van der Waals surface area contributed by atoms with Crippen molar-refractivity contribution < 1.29 is 33.2 Å². The summed E-state index contributed by atoms with van der Waals surface area (Å²) in [7, 11) is 6.73. The molecule has 0 aromatic heterocycles. The summed E-state index contributed by atoms with van der Waals surface area (Å²) in [5, 5.41) is 0. The van der Waals surface area contributed by atoms with E-state index in [-0.39, 0.29) is 0 Å². The molecule has 7 nitrogen and oxygen atoms in total. The fraction of sp³-hybridized carbons (Fsp3) is 0.900. The third kappa shape index (κ3) is 23.5. The van der Waals surface area contributed by atoms with Gasteiger partial charge in [-0.3, -0.25) is 0 Å². The summed E-state index contributed by atoms with van der Waals surface area (Å²) in [6, 6.07) is 0. The van der Waals surface area contributed by atoms with Crippen molar-refractivity contribution in [3.63, 3.8) is 0 Å². The summed E-state index contributed by atoms with van der Waals surface area (Å²) in [5.41, 5.74) is 0. The molecule has 7 heteroatoms. The van der Waals surface area contributed by atoms with Gasteiger partial charge in [-0.15, -0.1) is 0 Å².